The molecule has 4 heterocycles. The maximum absolute atomic E-state index is 3.67. The molecule has 6 nitrogen and oxygen atoms in total. The Morgan fingerprint density at radius 1 is 0.143 bits per heavy atom. The third-order valence-electron chi connectivity index (χ3n) is 20.2. The highest BCUT2D eigenvalue weighted by atomic mass is 32.1. The molecule has 0 amide bonds. The third kappa shape index (κ3) is 14.5. The molecule has 10 heteroatoms. The fourth-order valence-corrected chi connectivity index (χ4v) is 19.5. The van der Waals surface area contributed by atoms with Crippen LogP contribution in [0.4, 0.5) is 85.3 Å². The van der Waals surface area contributed by atoms with E-state index in [0.29, 0.717) is 0 Å². The second-order valence-electron chi connectivity index (χ2n) is 27.5. The molecule has 534 valence electrons. The van der Waals surface area contributed by atoms with Crippen LogP contribution in [0.25, 0.3) is 91.8 Å². The molecule has 0 fully saturated rings. The van der Waals surface area contributed by atoms with E-state index in [1.54, 1.807) is 0 Å². The van der Waals surface area contributed by atoms with Crippen LogP contribution in [-0.4, -0.2) is 0 Å². The second-order valence-corrected chi connectivity index (χ2v) is 31.8. The van der Waals surface area contributed by atoms with E-state index in [9.17, 15) is 0 Å². The third-order valence-corrected chi connectivity index (χ3v) is 24.8. The van der Waals surface area contributed by atoms with Crippen molar-refractivity contribution in [3.05, 3.63) is 419 Å². The molecule has 21 rings (SSSR count). The van der Waals surface area contributed by atoms with Crippen molar-refractivity contribution >= 4 is 211 Å². The van der Waals surface area contributed by atoms with Gasteiger partial charge in [-0.3, -0.25) is 0 Å². The van der Waals surface area contributed by atoms with Crippen LogP contribution in [0.15, 0.2) is 419 Å². The number of fused-ring (bicyclic) bond motifs is 12. The lowest BCUT2D eigenvalue weighted by Crippen LogP contribution is -2.10. The van der Waals surface area contributed by atoms with Crippen LogP contribution in [0.2, 0.25) is 0 Å². The summed E-state index contributed by atoms with van der Waals surface area (Å²) in [5.74, 6) is 0. The standard InChI is InChI=1S/C36H24N2S2.C36H26N2S.C30H22N2S/c1-2-10-26(11-3-1)38(28-18-20-35-32(23-28)30-14-5-7-16-34(30)39-35)27-12-8-9-24(21-27)37-25-17-19-31-29-13-4-6-15-33(29)40-36(31)22-25;1-3-10-26(11-4-1)27-18-21-31(22-19-27)38(30-13-5-2-6-14-30)32-15-9-12-28(24-32)37-29-20-23-34-33-16-7-8-17-35(33)39-36(34)25-29;1-4-10-22(11-5-1)31-23-16-19-29-28(20-23)27-18-17-26(21-30(27)33-29)32(24-12-6-2-7-13-24)25-14-8-3-9-15-25/h1-23,37H;1-25,37H;1-21,31H. The Morgan fingerprint density at radius 2 is 0.411 bits per heavy atom. The molecule has 0 radical (unpaired) electrons. The summed E-state index contributed by atoms with van der Waals surface area (Å²) in [4.78, 5) is 6.95. The van der Waals surface area contributed by atoms with Crippen LogP contribution in [0.1, 0.15) is 0 Å². The number of rotatable bonds is 16. The zero-order chi connectivity index (χ0) is 74.5. The van der Waals surface area contributed by atoms with Gasteiger partial charge in [0.05, 0.1) is 0 Å². The van der Waals surface area contributed by atoms with Crippen molar-refractivity contribution in [2.75, 3.05) is 30.7 Å². The van der Waals surface area contributed by atoms with E-state index in [4.69, 9.17) is 0 Å². The molecule has 0 saturated heterocycles. The molecule has 0 atom stereocenters. The van der Waals surface area contributed by atoms with E-state index in [1.807, 2.05) is 63.5 Å². The van der Waals surface area contributed by atoms with Crippen LogP contribution in [0.3, 0.4) is 0 Å². The van der Waals surface area contributed by atoms with Gasteiger partial charge in [-0.2, -0.15) is 0 Å². The molecule has 0 aliphatic rings. The molecule has 4 aromatic heterocycles. The van der Waals surface area contributed by atoms with E-state index in [-0.39, 0.29) is 0 Å². The molecule has 3 N–H and O–H groups in total. The number of nitrogens with zero attached hydrogens (tertiary/aromatic N) is 3. The summed E-state index contributed by atoms with van der Waals surface area (Å²) in [7, 11) is 0. The van der Waals surface area contributed by atoms with Gasteiger partial charge in [0.25, 0.3) is 0 Å². The Kier molecular flexibility index (Phi) is 19.2. The van der Waals surface area contributed by atoms with E-state index in [0.717, 1.165) is 85.3 Å². The number of thiophene rings is 4. The summed E-state index contributed by atoms with van der Waals surface area (Å²) in [5, 5.41) is 21.3. The summed E-state index contributed by atoms with van der Waals surface area (Å²) in [6.45, 7) is 0. The quantitative estimate of drug-likeness (QED) is 0.0896. The normalized spacial score (nSPS) is 11.2. The smallest absolute Gasteiger partial charge is 0.0482 e. The highest BCUT2D eigenvalue weighted by Gasteiger charge is 2.20. The van der Waals surface area contributed by atoms with Gasteiger partial charge in [0.15, 0.2) is 0 Å². The van der Waals surface area contributed by atoms with E-state index >= 15 is 0 Å². The number of benzene rings is 17. The summed E-state index contributed by atoms with van der Waals surface area (Å²) in [5.41, 5.74) is 19.1. The highest BCUT2D eigenvalue weighted by molar-refractivity contribution is 7.27. The van der Waals surface area contributed by atoms with Crippen molar-refractivity contribution in [2.24, 2.45) is 0 Å². The monoisotopic (exact) mass is 1510 g/mol. The molecule has 0 saturated carbocycles. The Balaban J connectivity index is 0.000000114. The summed E-state index contributed by atoms with van der Waals surface area (Å²) >= 11 is 7.38. The topological polar surface area (TPSA) is 45.8 Å². The Hall–Kier alpha value is -13.6. The number of para-hydroxylation sites is 5. The largest absolute Gasteiger partial charge is 0.356 e. The van der Waals surface area contributed by atoms with Crippen molar-refractivity contribution in [2.45, 2.75) is 0 Å². The Labute approximate surface area is 666 Å². The first-order valence-corrected chi connectivity index (χ1v) is 40.8. The summed E-state index contributed by atoms with van der Waals surface area (Å²) in [6.07, 6.45) is 0. The number of hydrogen-bond acceptors (Lipinski definition) is 10. The van der Waals surface area contributed by atoms with Crippen molar-refractivity contribution in [3.63, 3.8) is 0 Å². The van der Waals surface area contributed by atoms with Crippen LogP contribution >= 0.6 is 45.3 Å². The lowest BCUT2D eigenvalue weighted by Gasteiger charge is -2.26. The highest BCUT2D eigenvalue weighted by Crippen LogP contribution is 2.46. The molecular weight excluding hydrogens is 1440 g/mol. The molecule has 112 heavy (non-hydrogen) atoms. The molecular formula is C102H72N6S4. The van der Waals surface area contributed by atoms with E-state index in [1.165, 1.54) is 91.8 Å². The predicted octanol–water partition coefficient (Wildman–Crippen LogP) is 31.8. The molecule has 0 aliphatic carbocycles. The molecule has 0 bridgehead atoms. The number of nitrogens with one attached hydrogen (secondary N) is 3. The average Bonchev–Trinajstić information content (AvgIpc) is 1.59. The van der Waals surface area contributed by atoms with Crippen molar-refractivity contribution in [1.29, 1.82) is 0 Å². The van der Waals surface area contributed by atoms with Gasteiger partial charge < -0.3 is 30.7 Å². The van der Waals surface area contributed by atoms with Gasteiger partial charge in [-0.15, -0.1) is 45.3 Å². The first-order chi connectivity index (χ1) is 55.5. The fourth-order valence-electron chi connectivity index (χ4n) is 15.0. The van der Waals surface area contributed by atoms with Crippen LogP contribution < -0.4 is 30.7 Å². The maximum atomic E-state index is 3.67. The van der Waals surface area contributed by atoms with Crippen LogP contribution in [0, 0.1) is 0 Å². The predicted molar refractivity (Wildman–Crippen MR) is 490 cm³/mol. The van der Waals surface area contributed by atoms with Gasteiger partial charge >= 0.3 is 0 Å². The van der Waals surface area contributed by atoms with Gasteiger partial charge in [0.2, 0.25) is 0 Å². The molecule has 17 aromatic carbocycles. The second kappa shape index (κ2) is 31.2. The van der Waals surface area contributed by atoms with E-state index in [2.05, 4.69) is 431 Å². The SMILES string of the molecule is c1ccc(-c2ccc(N(c3ccccc3)c3cccc(Nc4ccc5c(c4)sc4ccccc45)c3)cc2)cc1.c1ccc(N(c2cccc(Nc3ccc4c(c3)sc3ccccc34)c2)c2ccc3sc4ccccc4c3c2)cc1.c1ccc(Nc2ccc3sc4cc(N(c5ccccc5)c5ccccc5)ccc4c3c2)cc1. The maximum Gasteiger partial charge on any atom is 0.0482 e. The van der Waals surface area contributed by atoms with Crippen molar-refractivity contribution in [3.8, 4) is 11.1 Å². The van der Waals surface area contributed by atoms with Gasteiger partial charge in [-0.05, 0) is 211 Å². The first kappa shape index (κ1) is 68.9. The first-order valence-electron chi connectivity index (χ1n) is 37.5. The van der Waals surface area contributed by atoms with Crippen LogP contribution in [0.5, 0.6) is 0 Å². The zero-order valence-electron chi connectivity index (χ0n) is 60.8. The van der Waals surface area contributed by atoms with Gasteiger partial charge in [0.1, 0.15) is 0 Å². The minimum absolute atomic E-state index is 1.05. The van der Waals surface area contributed by atoms with Crippen molar-refractivity contribution < 1.29 is 0 Å². The minimum Gasteiger partial charge on any atom is -0.356 e. The van der Waals surface area contributed by atoms with Gasteiger partial charge in [0, 0.05) is 166 Å². The lowest BCUT2D eigenvalue weighted by molar-refractivity contribution is 1.28. The molecule has 0 spiro atoms. The molecule has 0 aliphatic heterocycles. The Morgan fingerprint density at radius 3 is 0.911 bits per heavy atom. The Bertz CT molecular complexity index is 6830. The zero-order valence-corrected chi connectivity index (χ0v) is 64.1. The number of hydrogen-bond donors (Lipinski definition) is 3. The van der Waals surface area contributed by atoms with E-state index < -0.39 is 0 Å². The van der Waals surface area contributed by atoms with Gasteiger partial charge in [-0.25, -0.2) is 0 Å². The van der Waals surface area contributed by atoms with Crippen LogP contribution in [-0.2, 0) is 0 Å². The number of anilines is 15. The molecule has 0 unspecified atom stereocenters. The van der Waals surface area contributed by atoms with Crippen molar-refractivity contribution in [1.82, 2.24) is 0 Å². The fraction of sp³-hybridized carbons (Fsp3) is 0. The summed E-state index contributed by atoms with van der Waals surface area (Å²) in [6, 6.07) is 149. The average molecular weight is 1510 g/mol. The lowest BCUT2D eigenvalue weighted by atomic mass is 10.0. The minimum atomic E-state index is 1.05. The molecule has 21 aromatic rings. The van der Waals surface area contributed by atoms with Gasteiger partial charge in [-0.1, -0.05) is 218 Å². The summed E-state index contributed by atoms with van der Waals surface area (Å²) < 4.78 is 10.5.